The molecule has 248 valence electrons. The Morgan fingerprint density at radius 1 is 0.918 bits per heavy atom. The lowest BCUT2D eigenvalue weighted by atomic mass is 9.98. The van der Waals surface area contributed by atoms with Gasteiger partial charge in [-0.05, 0) is 57.6 Å². The van der Waals surface area contributed by atoms with Gasteiger partial charge in [0.15, 0.2) is 0 Å². The zero-order valence-electron chi connectivity index (χ0n) is 26.3. The second-order valence-corrected chi connectivity index (χ2v) is 13.4. The van der Waals surface area contributed by atoms with Crippen LogP contribution in [-0.4, -0.2) is 60.7 Å². The number of anilines is 2. The average Bonchev–Trinajstić information content (AvgIpc) is 3.58. The summed E-state index contributed by atoms with van der Waals surface area (Å²) in [5, 5.41) is 8.13. The third-order valence-electron chi connectivity index (χ3n) is 9.16. The van der Waals surface area contributed by atoms with Crippen LogP contribution in [0.4, 0.5) is 21.0 Å². The highest BCUT2D eigenvalue weighted by atomic mass is 32.2. The smallest absolute Gasteiger partial charge is 0.407 e. The van der Waals surface area contributed by atoms with Crippen LogP contribution in [0, 0.1) is 0 Å². The van der Waals surface area contributed by atoms with Crippen molar-refractivity contribution in [1.82, 2.24) is 10.6 Å². The molecule has 0 saturated heterocycles. The van der Waals surface area contributed by atoms with Crippen LogP contribution in [0.15, 0.2) is 95.9 Å². The van der Waals surface area contributed by atoms with Crippen LogP contribution < -0.4 is 26.6 Å². The maximum Gasteiger partial charge on any atom is 0.407 e. The van der Waals surface area contributed by atoms with Crippen molar-refractivity contribution in [3.05, 3.63) is 113 Å². The number of hydrogen-bond donors (Lipinski definition) is 4. The summed E-state index contributed by atoms with van der Waals surface area (Å²) in [7, 11) is 0. The molecule has 0 saturated carbocycles. The molecule has 0 spiro atoms. The van der Waals surface area contributed by atoms with E-state index in [1.54, 1.807) is 30.3 Å². The van der Waals surface area contributed by atoms with E-state index in [2.05, 4.69) is 28.1 Å². The Balaban J connectivity index is 1.03. The predicted octanol–water partition coefficient (Wildman–Crippen LogP) is 4.38. The first-order valence-electron chi connectivity index (χ1n) is 15.8. The number of carbonyl (C=O) groups is 5. The molecule has 1 unspecified atom stereocenters. The summed E-state index contributed by atoms with van der Waals surface area (Å²) in [4.78, 5) is 66.0. The number of thioether (sulfide) groups is 1. The normalized spacial score (nSPS) is 19.1. The summed E-state index contributed by atoms with van der Waals surface area (Å²) in [5.74, 6) is -0.774. The minimum Gasteiger partial charge on any atom is -0.449 e. The van der Waals surface area contributed by atoms with Gasteiger partial charge in [0.05, 0.1) is 5.69 Å². The Labute approximate surface area is 286 Å². The number of rotatable bonds is 8. The van der Waals surface area contributed by atoms with Crippen molar-refractivity contribution < 1.29 is 28.7 Å². The van der Waals surface area contributed by atoms with E-state index in [1.807, 2.05) is 48.5 Å². The number of hydrogen-bond acceptors (Lipinski definition) is 7. The van der Waals surface area contributed by atoms with Gasteiger partial charge in [-0.3, -0.25) is 9.59 Å². The zero-order valence-corrected chi connectivity index (χ0v) is 27.1. The summed E-state index contributed by atoms with van der Waals surface area (Å²) in [5.41, 5.74) is 11.2. The maximum absolute atomic E-state index is 13.9. The largest absolute Gasteiger partial charge is 0.449 e. The molecule has 5 N–H and O–H groups in total. The van der Waals surface area contributed by atoms with Crippen LogP contribution in [-0.2, 0) is 32.0 Å². The number of benzene rings is 4. The van der Waals surface area contributed by atoms with E-state index in [0.717, 1.165) is 38.3 Å². The quantitative estimate of drug-likeness (QED) is 0.202. The number of aldehydes is 1. The van der Waals surface area contributed by atoms with Crippen molar-refractivity contribution in [3.63, 3.8) is 0 Å². The molecule has 4 aromatic carbocycles. The van der Waals surface area contributed by atoms with E-state index < -0.39 is 35.5 Å². The van der Waals surface area contributed by atoms with Gasteiger partial charge in [0, 0.05) is 35.1 Å². The molecule has 7 rings (SSSR count). The maximum atomic E-state index is 13.9. The van der Waals surface area contributed by atoms with Gasteiger partial charge < -0.3 is 36.1 Å². The topological polar surface area (TPSA) is 160 Å². The predicted molar refractivity (Wildman–Crippen MR) is 186 cm³/mol. The van der Waals surface area contributed by atoms with Crippen LogP contribution in [0.5, 0.6) is 0 Å². The Morgan fingerprint density at radius 3 is 2.31 bits per heavy atom. The van der Waals surface area contributed by atoms with Gasteiger partial charge in [-0.25, -0.2) is 9.59 Å². The van der Waals surface area contributed by atoms with Gasteiger partial charge in [0.1, 0.15) is 31.0 Å². The highest BCUT2D eigenvalue weighted by Gasteiger charge is 2.39. The minimum atomic E-state index is -1.13. The van der Waals surface area contributed by atoms with Crippen LogP contribution in [0.1, 0.15) is 28.2 Å². The summed E-state index contributed by atoms with van der Waals surface area (Å²) in [6, 6.07) is 26.9. The van der Waals surface area contributed by atoms with Crippen LogP contribution in [0.2, 0.25) is 0 Å². The van der Waals surface area contributed by atoms with E-state index in [1.165, 1.54) is 16.7 Å². The number of nitrogens with one attached hydrogen (secondary N) is 3. The molecule has 2 aliphatic carbocycles. The lowest BCUT2D eigenvalue weighted by Gasteiger charge is -2.25. The van der Waals surface area contributed by atoms with Crippen molar-refractivity contribution in [3.8, 4) is 11.1 Å². The van der Waals surface area contributed by atoms with Crippen molar-refractivity contribution in [2.24, 2.45) is 5.73 Å². The van der Waals surface area contributed by atoms with E-state index in [0.29, 0.717) is 17.7 Å². The van der Waals surface area contributed by atoms with Crippen LogP contribution >= 0.6 is 11.8 Å². The van der Waals surface area contributed by atoms with E-state index in [4.69, 9.17) is 10.5 Å². The number of para-hydroxylation sites is 1. The number of primary amides is 1. The van der Waals surface area contributed by atoms with Gasteiger partial charge in [0.25, 0.3) is 5.91 Å². The van der Waals surface area contributed by atoms with Gasteiger partial charge in [0.2, 0.25) is 5.91 Å². The minimum absolute atomic E-state index is 0.105. The van der Waals surface area contributed by atoms with Crippen molar-refractivity contribution in [2.75, 3.05) is 29.1 Å². The third kappa shape index (κ3) is 6.34. The lowest BCUT2D eigenvalue weighted by molar-refractivity contribution is -0.122. The van der Waals surface area contributed by atoms with Crippen molar-refractivity contribution in [2.45, 2.75) is 35.2 Å². The number of urea groups is 1. The molecular weight excluding hydrogens is 643 g/mol. The van der Waals surface area contributed by atoms with Crippen LogP contribution in [0.3, 0.4) is 0 Å². The van der Waals surface area contributed by atoms with E-state index in [9.17, 15) is 24.0 Å². The average molecular weight is 676 g/mol. The molecule has 11 nitrogen and oxygen atoms in total. The molecule has 0 aromatic heterocycles. The summed E-state index contributed by atoms with van der Waals surface area (Å²) >= 11 is 1.41. The van der Waals surface area contributed by atoms with Crippen molar-refractivity contribution in [1.29, 1.82) is 0 Å². The third-order valence-corrected chi connectivity index (χ3v) is 10.3. The van der Waals surface area contributed by atoms with Crippen molar-refractivity contribution >= 4 is 53.4 Å². The zero-order chi connectivity index (χ0) is 34.1. The Hall–Kier alpha value is -5.62. The molecule has 4 aromatic rings. The molecule has 12 heteroatoms. The molecule has 0 bridgehead atoms. The lowest BCUT2D eigenvalue weighted by Crippen LogP contribution is -2.52. The highest BCUT2D eigenvalue weighted by molar-refractivity contribution is 7.99. The molecule has 49 heavy (non-hydrogen) atoms. The monoisotopic (exact) mass is 675 g/mol. The Bertz CT molecular complexity index is 1960. The number of alkyl carbamates (subject to hydrolysis) is 1. The number of amides is 5. The molecule has 1 heterocycles. The summed E-state index contributed by atoms with van der Waals surface area (Å²) in [6.07, 6.45) is 0.490. The fraction of sp³-hybridized carbons (Fsp3) is 0.216. The second-order valence-electron chi connectivity index (χ2n) is 12.4. The number of carbonyl (C=O) groups excluding carboxylic acids is 5. The Kier molecular flexibility index (Phi) is 8.55. The number of ether oxygens (including phenoxy) is 1. The first-order valence-corrected chi connectivity index (χ1v) is 16.8. The van der Waals surface area contributed by atoms with Gasteiger partial charge in [-0.15, -0.1) is 11.8 Å². The molecular formula is C37H33N5O6S. The van der Waals surface area contributed by atoms with Gasteiger partial charge in [-0.2, -0.15) is 0 Å². The fourth-order valence-corrected chi connectivity index (χ4v) is 8.05. The number of nitrogens with two attached hydrogens (primary N) is 1. The fourth-order valence-electron chi connectivity index (χ4n) is 6.98. The molecule has 0 radical (unpaired) electrons. The summed E-state index contributed by atoms with van der Waals surface area (Å²) < 4.78 is 5.72. The van der Waals surface area contributed by atoms with Gasteiger partial charge in [-0.1, -0.05) is 66.7 Å². The molecule has 5 amide bonds. The molecule has 0 fully saturated rings. The number of nitrogens with zero attached hydrogens (tertiary/aromatic N) is 1. The first-order chi connectivity index (χ1) is 23.7. The highest BCUT2D eigenvalue weighted by Crippen LogP contribution is 2.44. The van der Waals surface area contributed by atoms with E-state index in [-0.39, 0.29) is 37.7 Å². The SMILES string of the molecule is NC(=O)NC1(C=O)Cc2ccc(NC(=O)CN3C(=O)[C@@H](NC(=O)OCC4c5ccccc5-c5ccccc54)CSc4ccccc43)cc2C1. The first kappa shape index (κ1) is 32.0. The van der Waals surface area contributed by atoms with E-state index >= 15 is 0 Å². The second kappa shape index (κ2) is 13.1. The molecule has 1 aliphatic heterocycles. The van der Waals surface area contributed by atoms with Crippen LogP contribution in [0.25, 0.3) is 11.1 Å². The van der Waals surface area contributed by atoms with Gasteiger partial charge >= 0.3 is 12.1 Å². The molecule has 3 aliphatic rings. The Morgan fingerprint density at radius 2 is 1.59 bits per heavy atom. The number of fused-ring (bicyclic) bond motifs is 5. The summed E-state index contributed by atoms with van der Waals surface area (Å²) in [6.45, 7) is -0.203. The standard InChI is InChI=1S/C37H33N5O6S/c38-35(46)41-37(21-43)16-22-13-14-24(15-23(22)17-37)39-33(44)18-42-31-11-5-6-12-32(31)49-20-30(34(42)45)40-36(47)48-19-29-27-9-3-1-7-25(27)26-8-2-4-10-28(26)29/h1-15,21,29-30H,16-20H2,(H,39,44)(H,40,47)(H3,38,41,46)/t30-,37?/m0/s1. The molecule has 2 atom stereocenters.